The lowest BCUT2D eigenvalue weighted by Crippen LogP contribution is -2.35. The number of rotatable bonds is 9. The molecule has 0 amide bonds. The molecule has 0 spiro atoms. The molecule has 0 bridgehead atoms. The largest absolute Gasteiger partial charge is 0.491 e. The molecule has 0 aliphatic heterocycles. The van der Waals surface area contributed by atoms with Crippen LogP contribution in [0.25, 0.3) is 0 Å². The van der Waals surface area contributed by atoms with Crippen LogP contribution in [0, 0.1) is 6.92 Å². The quantitative estimate of drug-likeness (QED) is 0.508. The van der Waals surface area contributed by atoms with Crippen molar-refractivity contribution >= 4 is 23.2 Å². The lowest BCUT2D eigenvalue weighted by atomic mass is 10.2. The Balaban J connectivity index is 1.64. The van der Waals surface area contributed by atoms with Gasteiger partial charge in [0.2, 0.25) is 0 Å². The number of aliphatic hydroxyl groups is 1. The minimum absolute atomic E-state index is 0.201. The molecule has 4 nitrogen and oxygen atoms in total. The molecule has 1 aromatic heterocycles. The number of hydrogen-bond acceptors (Lipinski definition) is 4. The first kappa shape index (κ1) is 20.7. The highest BCUT2D eigenvalue weighted by molar-refractivity contribution is 6.35. The van der Waals surface area contributed by atoms with E-state index in [-0.39, 0.29) is 6.61 Å². The van der Waals surface area contributed by atoms with E-state index in [4.69, 9.17) is 32.4 Å². The third kappa shape index (κ3) is 6.28. The summed E-state index contributed by atoms with van der Waals surface area (Å²) in [4.78, 5) is 2.07. The van der Waals surface area contributed by atoms with Crippen LogP contribution < -0.4 is 4.74 Å². The minimum atomic E-state index is -0.665. The molecular formula is C22H23Cl2NO3. The highest BCUT2D eigenvalue weighted by atomic mass is 35.5. The summed E-state index contributed by atoms with van der Waals surface area (Å²) in [5.74, 6) is 1.56. The summed E-state index contributed by atoms with van der Waals surface area (Å²) in [5, 5.41) is 11.7. The first-order valence-electron chi connectivity index (χ1n) is 9.06. The van der Waals surface area contributed by atoms with Crippen molar-refractivity contribution in [2.75, 3.05) is 13.2 Å². The Hall–Kier alpha value is -1.98. The second-order valence-corrected chi connectivity index (χ2v) is 7.61. The van der Waals surface area contributed by atoms with E-state index in [0.29, 0.717) is 29.7 Å². The van der Waals surface area contributed by atoms with E-state index in [2.05, 4.69) is 4.90 Å². The predicted molar refractivity (Wildman–Crippen MR) is 112 cm³/mol. The van der Waals surface area contributed by atoms with Crippen LogP contribution in [-0.4, -0.2) is 29.3 Å². The molecule has 1 unspecified atom stereocenters. The minimum Gasteiger partial charge on any atom is -0.491 e. The molecule has 1 heterocycles. The van der Waals surface area contributed by atoms with Crippen molar-refractivity contribution in [2.45, 2.75) is 26.1 Å². The number of aliphatic hydroxyl groups excluding tert-OH is 1. The zero-order chi connectivity index (χ0) is 19.9. The monoisotopic (exact) mass is 419 g/mol. The van der Waals surface area contributed by atoms with Crippen molar-refractivity contribution in [1.82, 2.24) is 4.90 Å². The van der Waals surface area contributed by atoms with Crippen molar-refractivity contribution in [3.63, 3.8) is 0 Å². The average molecular weight is 420 g/mol. The third-order valence-corrected chi connectivity index (χ3v) is 4.86. The first-order chi connectivity index (χ1) is 13.5. The van der Waals surface area contributed by atoms with Crippen molar-refractivity contribution in [3.05, 3.63) is 87.8 Å². The van der Waals surface area contributed by atoms with Gasteiger partial charge in [-0.25, -0.2) is 0 Å². The fourth-order valence-electron chi connectivity index (χ4n) is 2.95. The molecule has 3 aromatic rings. The Morgan fingerprint density at radius 1 is 1.07 bits per heavy atom. The summed E-state index contributed by atoms with van der Waals surface area (Å²) in [6.07, 6.45) is 0.974. The van der Waals surface area contributed by atoms with Crippen LogP contribution in [0.4, 0.5) is 0 Å². The number of aryl methyl sites for hydroxylation is 1. The highest BCUT2D eigenvalue weighted by Gasteiger charge is 2.16. The molecule has 0 aliphatic rings. The summed E-state index contributed by atoms with van der Waals surface area (Å²) in [7, 11) is 0. The predicted octanol–water partition coefficient (Wildman–Crippen LogP) is 5.34. The van der Waals surface area contributed by atoms with Crippen LogP contribution in [0.1, 0.15) is 16.9 Å². The van der Waals surface area contributed by atoms with Gasteiger partial charge in [-0.2, -0.15) is 0 Å². The maximum absolute atomic E-state index is 10.5. The van der Waals surface area contributed by atoms with Crippen molar-refractivity contribution in [3.8, 4) is 5.75 Å². The zero-order valence-electron chi connectivity index (χ0n) is 15.6. The van der Waals surface area contributed by atoms with Crippen LogP contribution in [0.2, 0.25) is 10.0 Å². The van der Waals surface area contributed by atoms with E-state index in [1.807, 2.05) is 55.5 Å². The van der Waals surface area contributed by atoms with Crippen LogP contribution in [0.5, 0.6) is 5.75 Å². The number of benzene rings is 2. The third-order valence-electron chi connectivity index (χ3n) is 4.27. The Labute approximate surface area is 175 Å². The number of halogens is 2. The van der Waals surface area contributed by atoms with Gasteiger partial charge in [0.1, 0.15) is 24.2 Å². The molecule has 2 aromatic carbocycles. The van der Waals surface area contributed by atoms with E-state index < -0.39 is 6.10 Å². The summed E-state index contributed by atoms with van der Waals surface area (Å²) in [6.45, 7) is 3.72. The van der Waals surface area contributed by atoms with Crippen molar-refractivity contribution in [2.24, 2.45) is 0 Å². The molecule has 0 aliphatic carbocycles. The lowest BCUT2D eigenvalue weighted by molar-refractivity contribution is 0.0604. The zero-order valence-corrected chi connectivity index (χ0v) is 17.2. The number of nitrogens with zero attached hydrogens (tertiary/aromatic N) is 1. The molecule has 28 heavy (non-hydrogen) atoms. The van der Waals surface area contributed by atoms with E-state index >= 15 is 0 Å². The van der Waals surface area contributed by atoms with Gasteiger partial charge in [-0.15, -0.1) is 0 Å². The van der Waals surface area contributed by atoms with Crippen LogP contribution in [0.15, 0.2) is 65.3 Å². The smallest absolute Gasteiger partial charge is 0.119 e. The van der Waals surface area contributed by atoms with Gasteiger partial charge in [0.25, 0.3) is 0 Å². The molecule has 1 atom stereocenters. The van der Waals surface area contributed by atoms with Gasteiger partial charge >= 0.3 is 0 Å². The summed E-state index contributed by atoms with van der Waals surface area (Å²) in [5.41, 5.74) is 2.05. The molecule has 1 N–H and O–H groups in total. The van der Waals surface area contributed by atoms with E-state index in [1.165, 1.54) is 0 Å². The molecule has 0 fully saturated rings. The molecule has 3 rings (SSSR count). The topological polar surface area (TPSA) is 45.8 Å². The Bertz CT molecular complexity index is 883. The van der Waals surface area contributed by atoms with E-state index in [0.717, 1.165) is 22.6 Å². The lowest BCUT2D eigenvalue weighted by Gasteiger charge is -2.25. The molecule has 0 radical (unpaired) electrons. The first-order valence-corrected chi connectivity index (χ1v) is 9.81. The molecule has 0 saturated carbocycles. The normalized spacial score (nSPS) is 12.3. The van der Waals surface area contributed by atoms with Gasteiger partial charge in [-0.05, 0) is 54.4 Å². The van der Waals surface area contributed by atoms with Gasteiger partial charge in [0, 0.05) is 23.1 Å². The molecule has 148 valence electrons. The second-order valence-electron chi connectivity index (χ2n) is 6.77. The fraction of sp³-hybridized carbons (Fsp3) is 0.273. The molecule has 0 saturated heterocycles. The van der Waals surface area contributed by atoms with Gasteiger partial charge in [-0.3, -0.25) is 4.90 Å². The van der Waals surface area contributed by atoms with Crippen LogP contribution in [-0.2, 0) is 13.1 Å². The average Bonchev–Trinajstić information content (AvgIpc) is 3.15. The second kappa shape index (κ2) is 9.99. The Kier molecular flexibility index (Phi) is 7.40. The maximum Gasteiger partial charge on any atom is 0.119 e. The van der Waals surface area contributed by atoms with E-state index in [1.54, 1.807) is 12.3 Å². The SMILES string of the molecule is Cc1cccc(OCC(O)CN(Cc2ccco2)Cc2ccc(Cl)cc2Cl)c1. The standard InChI is InChI=1S/C22H23Cl2NO3/c1-16-4-2-5-20(10-16)28-15-19(26)13-25(14-21-6-3-9-27-21)12-17-7-8-18(23)11-22(17)24/h2-11,19,26H,12-15H2,1H3. The van der Waals surface area contributed by atoms with Gasteiger partial charge in [0.05, 0.1) is 12.8 Å². The number of furan rings is 1. The molecular weight excluding hydrogens is 397 g/mol. The van der Waals surface area contributed by atoms with Crippen LogP contribution >= 0.6 is 23.2 Å². The van der Waals surface area contributed by atoms with Crippen molar-refractivity contribution in [1.29, 1.82) is 0 Å². The maximum atomic E-state index is 10.5. The fourth-order valence-corrected chi connectivity index (χ4v) is 3.42. The Morgan fingerprint density at radius 3 is 2.64 bits per heavy atom. The van der Waals surface area contributed by atoms with Gasteiger partial charge in [0.15, 0.2) is 0 Å². The van der Waals surface area contributed by atoms with Crippen molar-refractivity contribution < 1.29 is 14.3 Å². The summed E-state index contributed by atoms with van der Waals surface area (Å²) in [6, 6.07) is 17.0. The molecule has 6 heteroatoms. The highest BCUT2D eigenvalue weighted by Crippen LogP contribution is 2.23. The van der Waals surface area contributed by atoms with Gasteiger partial charge < -0.3 is 14.3 Å². The Morgan fingerprint density at radius 2 is 1.93 bits per heavy atom. The summed E-state index contributed by atoms with van der Waals surface area (Å²) >= 11 is 12.3. The van der Waals surface area contributed by atoms with Gasteiger partial charge in [-0.1, -0.05) is 41.4 Å². The van der Waals surface area contributed by atoms with E-state index in [9.17, 15) is 5.11 Å². The van der Waals surface area contributed by atoms with Crippen LogP contribution in [0.3, 0.4) is 0 Å². The number of ether oxygens (including phenoxy) is 1. The number of hydrogen-bond donors (Lipinski definition) is 1. The summed E-state index contributed by atoms with van der Waals surface area (Å²) < 4.78 is 11.2.